The SMILES string of the molecule is CC#CC(=O)N1CC(C(=O)N(C)[C@H](C(=O)N[C@H]2Cc3cccc(c3)-c3ccc4c(c3)c(c(-c3cccnc3[C@H](C)OC)n4C)CC(C)(C)COC(=O)[C@@H]3CCCN(N3)C2=O)C(C)C)[C@@H](C)C1. The molecule has 66 heavy (non-hydrogen) atoms. The highest BCUT2D eigenvalue weighted by Crippen LogP contribution is 2.41. The fourth-order valence-electron chi connectivity index (χ4n) is 10.0. The van der Waals surface area contributed by atoms with Crippen molar-refractivity contribution in [2.45, 2.75) is 98.4 Å². The van der Waals surface area contributed by atoms with Gasteiger partial charge in [0, 0.05) is 75.3 Å². The van der Waals surface area contributed by atoms with E-state index in [4.69, 9.17) is 14.5 Å². The lowest BCUT2D eigenvalue weighted by Crippen LogP contribution is -2.62. The van der Waals surface area contributed by atoms with E-state index in [1.54, 1.807) is 32.2 Å². The van der Waals surface area contributed by atoms with Gasteiger partial charge < -0.3 is 29.2 Å². The minimum Gasteiger partial charge on any atom is -0.464 e. The summed E-state index contributed by atoms with van der Waals surface area (Å²) in [5.74, 6) is 2.32. The van der Waals surface area contributed by atoms with Gasteiger partial charge in [-0.1, -0.05) is 70.9 Å². The minimum atomic E-state index is -1.06. The maximum absolute atomic E-state index is 14.7. The lowest BCUT2D eigenvalue weighted by molar-refractivity contribution is -0.155. The summed E-state index contributed by atoms with van der Waals surface area (Å²) in [6, 6.07) is 15.7. The van der Waals surface area contributed by atoms with Gasteiger partial charge in [-0.2, -0.15) is 0 Å². The smallest absolute Gasteiger partial charge is 0.324 e. The van der Waals surface area contributed by atoms with E-state index in [0.717, 1.165) is 50.1 Å². The molecular weight excluding hydrogens is 835 g/mol. The van der Waals surface area contributed by atoms with Crippen LogP contribution >= 0.6 is 0 Å². The number of carbonyl (C=O) groups excluding carboxylic acids is 5. The number of aryl methyl sites for hydroxylation is 1. The van der Waals surface area contributed by atoms with E-state index in [-0.39, 0.29) is 49.3 Å². The first-order valence-corrected chi connectivity index (χ1v) is 23.1. The molecule has 6 atom stereocenters. The van der Waals surface area contributed by atoms with E-state index in [1.807, 2.05) is 52.0 Å². The van der Waals surface area contributed by atoms with E-state index in [1.165, 1.54) is 9.91 Å². The summed E-state index contributed by atoms with van der Waals surface area (Å²) in [5.41, 5.74) is 10.3. The molecule has 2 saturated heterocycles. The molecular formula is C52H65N7O7. The molecule has 6 bridgehead atoms. The van der Waals surface area contributed by atoms with Gasteiger partial charge >= 0.3 is 5.97 Å². The maximum atomic E-state index is 14.7. The Balaban J connectivity index is 1.27. The number of likely N-dealkylation sites (N-methyl/N-ethyl adjacent to an activating group) is 1. The fourth-order valence-corrected chi connectivity index (χ4v) is 10.0. The highest BCUT2D eigenvalue weighted by atomic mass is 16.5. The summed E-state index contributed by atoms with van der Waals surface area (Å²) in [6.07, 6.45) is 3.26. The first-order chi connectivity index (χ1) is 31.4. The van der Waals surface area contributed by atoms with Gasteiger partial charge in [-0.25, -0.2) is 5.43 Å². The van der Waals surface area contributed by atoms with E-state index in [2.05, 4.69) is 78.4 Å². The van der Waals surface area contributed by atoms with Gasteiger partial charge in [0.1, 0.15) is 18.1 Å². The predicted molar refractivity (Wildman–Crippen MR) is 253 cm³/mol. The van der Waals surface area contributed by atoms with Crippen LogP contribution in [0.1, 0.15) is 84.2 Å². The van der Waals surface area contributed by atoms with E-state index in [0.29, 0.717) is 32.4 Å². The summed E-state index contributed by atoms with van der Waals surface area (Å²) >= 11 is 0. The van der Waals surface area contributed by atoms with Gasteiger partial charge in [0.15, 0.2) is 0 Å². The van der Waals surface area contributed by atoms with Crippen LogP contribution in [-0.2, 0) is 53.3 Å². The van der Waals surface area contributed by atoms with Crippen molar-refractivity contribution in [1.82, 2.24) is 35.1 Å². The Morgan fingerprint density at radius 3 is 2.53 bits per heavy atom. The first kappa shape index (κ1) is 47.9. The van der Waals surface area contributed by atoms with Gasteiger partial charge in [-0.15, -0.1) is 0 Å². The van der Waals surface area contributed by atoms with Crippen LogP contribution in [0.4, 0.5) is 0 Å². The second-order valence-corrected chi connectivity index (χ2v) is 19.5. The van der Waals surface area contributed by atoms with Gasteiger partial charge in [0.2, 0.25) is 11.8 Å². The molecule has 0 saturated carbocycles. The summed E-state index contributed by atoms with van der Waals surface area (Å²) in [5, 5.41) is 5.56. The average Bonchev–Trinajstić information content (AvgIpc) is 3.82. The van der Waals surface area contributed by atoms with Gasteiger partial charge in [0.05, 0.1) is 30.0 Å². The van der Waals surface area contributed by atoms with Crippen molar-refractivity contribution in [2.24, 2.45) is 30.2 Å². The number of pyridine rings is 1. The van der Waals surface area contributed by atoms with Crippen LogP contribution in [0.15, 0.2) is 60.8 Å². The lowest BCUT2D eigenvalue weighted by atomic mass is 9.84. The normalized spacial score (nSPS) is 21.9. The number of hydrogen-bond acceptors (Lipinski definition) is 9. The molecule has 14 nitrogen and oxygen atoms in total. The number of rotatable bonds is 8. The summed E-state index contributed by atoms with van der Waals surface area (Å²) in [6.45, 7) is 14.5. The van der Waals surface area contributed by atoms with Crippen molar-refractivity contribution < 1.29 is 33.4 Å². The number of amides is 4. The van der Waals surface area contributed by atoms with Crippen molar-refractivity contribution in [3.63, 3.8) is 0 Å². The maximum Gasteiger partial charge on any atom is 0.324 e. The number of likely N-dealkylation sites (tertiary alicyclic amines) is 1. The van der Waals surface area contributed by atoms with Crippen molar-refractivity contribution in [3.8, 4) is 34.2 Å². The van der Waals surface area contributed by atoms with Crippen molar-refractivity contribution in [2.75, 3.05) is 40.4 Å². The molecule has 0 spiro atoms. The Kier molecular flexibility index (Phi) is 14.4. The average molecular weight is 900 g/mol. The number of aromatic nitrogens is 2. The molecule has 14 heteroatoms. The summed E-state index contributed by atoms with van der Waals surface area (Å²) in [4.78, 5) is 77.8. The van der Waals surface area contributed by atoms with Crippen molar-refractivity contribution >= 4 is 40.5 Å². The second kappa shape index (κ2) is 19.8. The zero-order chi connectivity index (χ0) is 47.6. The van der Waals surface area contributed by atoms with E-state index < -0.39 is 47.2 Å². The third kappa shape index (κ3) is 9.88. The third-order valence-corrected chi connectivity index (χ3v) is 13.6. The van der Waals surface area contributed by atoms with Gasteiger partial charge in [-0.05, 0) is 97.4 Å². The molecule has 2 aromatic heterocycles. The Hall–Kier alpha value is -6.04. The number of hydrazine groups is 1. The van der Waals surface area contributed by atoms with Gasteiger partial charge in [0.25, 0.3) is 11.8 Å². The van der Waals surface area contributed by atoms with Gasteiger partial charge in [-0.3, -0.25) is 34.0 Å². The Labute approximate surface area is 388 Å². The zero-order valence-corrected chi connectivity index (χ0v) is 40.1. The van der Waals surface area contributed by atoms with Crippen LogP contribution in [0.5, 0.6) is 0 Å². The molecule has 3 aliphatic rings. The number of methoxy groups -OCH3 is 1. The third-order valence-electron chi connectivity index (χ3n) is 13.6. The van der Waals surface area contributed by atoms with Crippen LogP contribution in [0.2, 0.25) is 0 Å². The monoisotopic (exact) mass is 899 g/mol. The zero-order valence-electron chi connectivity index (χ0n) is 40.1. The number of cyclic esters (lactones) is 1. The summed E-state index contributed by atoms with van der Waals surface area (Å²) in [7, 11) is 5.36. The number of nitrogens with one attached hydrogen (secondary N) is 2. The van der Waals surface area contributed by atoms with Crippen LogP contribution in [0, 0.1) is 35.0 Å². The molecule has 4 aromatic rings. The van der Waals surface area contributed by atoms with Crippen molar-refractivity contribution in [1.29, 1.82) is 0 Å². The number of ether oxygens (including phenoxy) is 2. The number of esters is 1. The molecule has 4 amide bonds. The topological polar surface area (TPSA) is 155 Å². The van der Waals surface area contributed by atoms with Crippen LogP contribution in [-0.4, -0.2) is 112 Å². The van der Waals surface area contributed by atoms with Crippen LogP contribution in [0.25, 0.3) is 33.3 Å². The quantitative estimate of drug-likeness (QED) is 0.163. The molecule has 2 fully saturated rings. The number of hydrogen-bond donors (Lipinski definition) is 2. The van der Waals surface area contributed by atoms with Crippen LogP contribution < -0.4 is 10.7 Å². The second-order valence-electron chi connectivity index (χ2n) is 19.5. The Morgan fingerprint density at radius 2 is 1.80 bits per heavy atom. The molecule has 5 heterocycles. The number of nitrogens with zero attached hydrogens (tertiary/aromatic N) is 5. The summed E-state index contributed by atoms with van der Waals surface area (Å²) < 4.78 is 14.1. The van der Waals surface area contributed by atoms with E-state index in [9.17, 15) is 24.0 Å². The fraction of sp³-hybridized carbons (Fsp3) is 0.500. The lowest BCUT2D eigenvalue weighted by Gasteiger charge is -2.37. The molecule has 3 aliphatic heterocycles. The highest BCUT2D eigenvalue weighted by molar-refractivity contribution is 5.97. The Bertz CT molecular complexity index is 2570. The molecule has 1 unspecified atom stereocenters. The number of benzene rings is 2. The molecule has 0 radical (unpaired) electrons. The highest BCUT2D eigenvalue weighted by Gasteiger charge is 2.42. The molecule has 2 aromatic carbocycles. The number of carbonyl (C=O) groups is 5. The Morgan fingerprint density at radius 1 is 1.05 bits per heavy atom. The molecule has 7 rings (SSSR count). The van der Waals surface area contributed by atoms with Crippen LogP contribution in [0.3, 0.4) is 0 Å². The van der Waals surface area contributed by atoms with Crippen molar-refractivity contribution in [3.05, 3.63) is 77.6 Å². The first-order valence-electron chi connectivity index (χ1n) is 23.1. The molecule has 0 aliphatic carbocycles. The largest absolute Gasteiger partial charge is 0.464 e. The minimum absolute atomic E-state index is 0.131. The standard InChI is InChI=1S/C52H65N7O7/c1-11-15-44(60)58-28-32(4)40(29-58)49(62)57(9)46(31(2)3)48(61)54-42-25-34-16-12-17-35(24-34)36-20-21-43-38(26-36)39(47(56(43)8)37-18-13-22-53-45(37)33(5)65-10)27-52(6,7)30-66-51(64)41-19-14-23-59(55-41)50(42)63/h12-13,16-18,20-22,24,26,31-33,40-42,46,55H,14,19,23,25,27-30H2,1-10H3,(H,54,61)/t32-,33-,40?,41-,42-,46-/m0/s1. The molecule has 350 valence electrons. The molecule has 2 N–H and O–H groups in total. The predicted octanol–water partition coefficient (Wildman–Crippen LogP) is 5.86. The van der Waals surface area contributed by atoms with E-state index >= 15 is 0 Å². The number of fused-ring (bicyclic) bond motifs is 6.